The quantitative estimate of drug-likeness (QED) is 0.523. The van der Waals surface area contributed by atoms with Crippen LogP contribution in [-0.4, -0.2) is 33.0 Å². The van der Waals surface area contributed by atoms with E-state index < -0.39 is 0 Å². The summed E-state index contributed by atoms with van der Waals surface area (Å²) < 4.78 is 15.1. The minimum absolute atomic E-state index is 0.106. The highest BCUT2D eigenvalue weighted by atomic mass is 32.2. The SMILES string of the molecule is CCn1c(SCC(=O)N(CCC#N)c2ccccc2)nnc1-c1ccc(F)cc1. The monoisotopic (exact) mass is 409 g/mol. The molecule has 3 rings (SSSR count). The van der Waals surface area contributed by atoms with Gasteiger partial charge in [0.2, 0.25) is 5.91 Å². The molecule has 0 radical (unpaired) electrons. The summed E-state index contributed by atoms with van der Waals surface area (Å²) in [5.74, 6) is 0.383. The minimum atomic E-state index is -0.310. The number of halogens is 1. The Balaban J connectivity index is 1.75. The van der Waals surface area contributed by atoms with Crippen LogP contribution in [0.4, 0.5) is 10.1 Å². The van der Waals surface area contributed by atoms with Gasteiger partial charge in [-0.05, 0) is 43.3 Å². The lowest BCUT2D eigenvalue weighted by Gasteiger charge is -2.21. The van der Waals surface area contributed by atoms with E-state index in [9.17, 15) is 9.18 Å². The number of carbonyl (C=O) groups is 1. The van der Waals surface area contributed by atoms with Crippen molar-refractivity contribution in [1.82, 2.24) is 14.8 Å². The molecule has 8 heteroatoms. The van der Waals surface area contributed by atoms with Gasteiger partial charge >= 0.3 is 0 Å². The molecule has 148 valence electrons. The topological polar surface area (TPSA) is 74.8 Å². The van der Waals surface area contributed by atoms with E-state index in [1.807, 2.05) is 41.8 Å². The second-order valence-corrected chi connectivity index (χ2v) is 7.08. The van der Waals surface area contributed by atoms with Gasteiger partial charge in [-0.1, -0.05) is 30.0 Å². The first-order chi connectivity index (χ1) is 14.1. The van der Waals surface area contributed by atoms with E-state index in [4.69, 9.17) is 5.26 Å². The maximum Gasteiger partial charge on any atom is 0.237 e. The summed E-state index contributed by atoms with van der Waals surface area (Å²) in [5.41, 5.74) is 1.52. The van der Waals surface area contributed by atoms with E-state index in [-0.39, 0.29) is 23.9 Å². The van der Waals surface area contributed by atoms with Gasteiger partial charge in [0.25, 0.3) is 0 Å². The average Bonchev–Trinajstić information content (AvgIpc) is 3.16. The van der Waals surface area contributed by atoms with Gasteiger partial charge in [0, 0.05) is 24.3 Å². The Morgan fingerprint density at radius 3 is 2.55 bits per heavy atom. The van der Waals surface area contributed by atoms with Gasteiger partial charge < -0.3 is 9.47 Å². The summed E-state index contributed by atoms with van der Waals surface area (Å²) in [5, 5.41) is 18.0. The highest BCUT2D eigenvalue weighted by molar-refractivity contribution is 7.99. The van der Waals surface area contributed by atoms with Crippen LogP contribution in [0.2, 0.25) is 0 Å². The molecule has 0 fully saturated rings. The van der Waals surface area contributed by atoms with Crippen molar-refractivity contribution in [3.8, 4) is 17.5 Å². The number of carbonyl (C=O) groups excluding carboxylic acids is 1. The number of rotatable bonds is 8. The molecule has 1 heterocycles. The summed E-state index contributed by atoms with van der Waals surface area (Å²) in [7, 11) is 0. The maximum atomic E-state index is 13.2. The van der Waals surface area contributed by atoms with E-state index >= 15 is 0 Å². The van der Waals surface area contributed by atoms with E-state index in [0.717, 1.165) is 11.3 Å². The highest BCUT2D eigenvalue weighted by Gasteiger charge is 2.19. The maximum absolute atomic E-state index is 13.2. The van der Waals surface area contributed by atoms with Crippen LogP contribution in [0.1, 0.15) is 13.3 Å². The highest BCUT2D eigenvalue weighted by Crippen LogP contribution is 2.25. The first-order valence-electron chi connectivity index (χ1n) is 9.18. The van der Waals surface area contributed by atoms with Crippen molar-refractivity contribution in [3.05, 3.63) is 60.4 Å². The van der Waals surface area contributed by atoms with Crippen LogP contribution in [0.25, 0.3) is 11.4 Å². The fourth-order valence-electron chi connectivity index (χ4n) is 2.86. The fraction of sp³-hybridized carbons (Fsp3) is 0.238. The summed E-state index contributed by atoms with van der Waals surface area (Å²) in [4.78, 5) is 14.4. The number of nitrogens with zero attached hydrogens (tertiary/aromatic N) is 5. The van der Waals surface area contributed by atoms with Crippen molar-refractivity contribution in [2.75, 3.05) is 17.2 Å². The number of anilines is 1. The molecule has 0 aliphatic rings. The minimum Gasteiger partial charge on any atom is -0.311 e. The normalized spacial score (nSPS) is 10.5. The smallest absolute Gasteiger partial charge is 0.237 e. The Hall–Kier alpha value is -3.18. The molecule has 0 aliphatic heterocycles. The second-order valence-electron chi connectivity index (χ2n) is 6.14. The molecule has 3 aromatic rings. The summed E-state index contributed by atoms with van der Waals surface area (Å²) >= 11 is 1.30. The summed E-state index contributed by atoms with van der Waals surface area (Å²) in [6.07, 6.45) is 0.255. The van der Waals surface area contributed by atoms with Crippen molar-refractivity contribution in [1.29, 1.82) is 5.26 Å². The van der Waals surface area contributed by atoms with Gasteiger partial charge in [-0.25, -0.2) is 4.39 Å². The molecule has 6 nitrogen and oxygen atoms in total. The molecule has 1 aromatic heterocycles. The zero-order valence-electron chi connectivity index (χ0n) is 16.0. The number of amides is 1. The number of hydrogen-bond donors (Lipinski definition) is 0. The molecule has 2 aromatic carbocycles. The van der Waals surface area contributed by atoms with E-state index in [1.165, 1.54) is 23.9 Å². The predicted molar refractivity (Wildman–Crippen MR) is 111 cm³/mol. The summed E-state index contributed by atoms with van der Waals surface area (Å²) in [6, 6.07) is 17.5. The van der Waals surface area contributed by atoms with Gasteiger partial charge in [0.05, 0.1) is 18.2 Å². The third-order valence-electron chi connectivity index (χ3n) is 4.28. The van der Waals surface area contributed by atoms with Crippen LogP contribution in [-0.2, 0) is 11.3 Å². The lowest BCUT2D eigenvalue weighted by atomic mass is 10.2. The number of hydrogen-bond acceptors (Lipinski definition) is 5. The average molecular weight is 409 g/mol. The van der Waals surface area contributed by atoms with Crippen molar-refractivity contribution in [3.63, 3.8) is 0 Å². The Kier molecular flexibility index (Phi) is 6.98. The predicted octanol–water partition coefficient (Wildman–Crippen LogP) is 4.14. The molecular formula is C21H20FN5OS. The number of nitriles is 1. The number of aromatic nitrogens is 3. The van der Waals surface area contributed by atoms with Crippen molar-refractivity contribution in [2.24, 2.45) is 0 Å². The second kappa shape index (κ2) is 9.85. The lowest BCUT2D eigenvalue weighted by Crippen LogP contribution is -2.33. The third kappa shape index (κ3) is 5.00. The third-order valence-corrected chi connectivity index (χ3v) is 5.23. The van der Waals surface area contributed by atoms with Crippen molar-refractivity contribution < 1.29 is 9.18 Å². The van der Waals surface area contributed by atoms with E-state index in [2.05, 4.69) is 16.3 Å². The molecule has 0 saturated carbocycles. The fourth-order valence-corrected chi connectivity index (χ4v) is 3.74. The summed E-state index contributed by atoms with van der Waals surface area (Å²) in [6.45, 7) is 2.92. The molecule has 0 bridgehead atoms. The molecule has 0 atom stereocenters. The Morgan fingerprint density at radius 1 is 1.17 bits per heavy atom. The molecule has 29 heavy (non-hydrogen) atoms. The van der Waals surface area contributed by atoms with Gasteiger partial charge in [-0.3, -0.25) is 4.79 Å². The van der Waals surface area contributed by atoms with Gasteiger partial charge in [0.1, 0.15) is 5.82 Å². The Bertz CT molecular complexity index is 998. The van der Waals surface area contributed by atoms with Crippen LogP contribution in [0.5, 0.6) is 0 Å². The number of para-hydroxylation sites is 1. The van der Waals surface area contributed by atoms with Gasteiger partial charge in [-0.15, -0.1) is 10.2 Å². The molecule has 0 aliphatic carbocycles. The van der Waals surface area contributed by atoms with E-state index in [1.54, 1.807) is 17.0 Å². The van der Waals surface area contributed by atoms with Crippen LogP contribution in [0, 0.1) is 17.1 Å². The molecule has 0 N–H and O–H groups in total. The van der Waals surface area contributed by atoms with Crippen LogP contribution < -0.4 is 4.90 Å². The first-order valence-corrected chi connectivity index (χ1v) is 10.2. The zero-order chi connectivity index (χ0) is 20.6. The Labute approximate surface area is 173 Å². The molecule has 0 saturated heterocycles. The molecule has 0 unspecified atom stereocenters. The Morgan fingerprint density at radius 2 is 1.90 bits per heavy atom. The van der Waals surface area contributed by atoms with Gasteiger partial charge in [0.15, 0.2) is 11.0 Å². The first kappa shape index (κ1) is 20.6. The van der Waals surface area contributed by atoms with Crippen molar-refractivity contribution in [2.45, 2.75) is 25.0 Å². The van der Waals surface area contributed by atoms with E-state index in [0.29, 0.717) is 24.1 Å². The largest absolute Gasteiger partial charge is 0.311 e. The molecule has 0 spiro atoms. The zero-order valence-corrected chi connectivity index (χ0v) is 16.8. The molecule has 1 amide bonds. The van der Waals surface area contributed by atoms with Crippen LogP contribution in [0.3, 0.4) is 0 Å². The molecular weight excluding hydrogens is 389 g/mol. The number of benzene rings is 2. The van der Waals surface area contributed by atoms with Crippen molar-refractivity contribution >= 4 is 23.4 Å². The number of thioether (sulfide) groups is 1. The lowest BCUT2D eigenvalue weighted by molar-refractivity contribution is -0.116. The van der Waals surface area contributed by atoms with Crippen LogP contribution >= 0.6 is 11.8 Å². The van der Waals surface area contributed by atoms with Gasteiger partial charge in [-0.2, -0.15) is 5.26 Å². The standard InChI is InChI=1S/C21H20FN5OS/c1-2-26-20(16-9-11-17(22)12-10-16)24-25-21(26)29-15-19(28)27(14-6-13-23)18-7-4-3-5-8-18/h3-5,7-12H,2,6,14-15H2,1H3. The van der Waals surface area contributed by atoms with Crippen LogP contribution in [0.15, 0.2) is 59.8 Å².